The number of nitrogens with zero attached hydrogens (tertiary/aromatic N) is 1. The molecule has 2 aromatic heterocycles. The number of aromatic nitrogens is 1. The zero-order chi connectivity index (χ0) is 17.2. The molecule has 0 aliphatic heterocycles. The highest BCUT2D eigenvalue weighted by molar-refractivity contribution is 7.92. The van der Waals surface area contributed by atoms with Crippen LogP contribution in [0.2, 0.25) is 4.34 Å². The summed E-state index contributed by atoms with van der Waals surface area (Å²) in [6, 6.07) is 3.68. The number of sulfone groups is 1. The first kappa shape index (κ1) is 17.8. The normalized spacial score (nSPS) is 15.7. The van der Waals surface area contributed by atoms with Crippen molar-refractivity contribution in [1.29, 1.82) is 0 Å². The topological polar surface area (TPSA) is 76.1 Å². The standard InChI is InChI=1S/C15H17ClN2O3S3/c16-13-6-5-12(23-13)11-9-22-15(17-11)18-14(19)7-8-24(20,21)10-3-1-2-4-10/h5-6,9-10H,1-4,7-8H2,(H,17,18,19). The highest BCUT2D eigenvalue weighted by atomic mass is 35.5. The second kappa shape index (κ2) is 7.51. The van der Waals surface area contributed by atoms with Crippen LogP contribution < -0.4 is 5.32 Å². The van der Waals surface area contributed by atoms with Gasteiger partial charge in [-0.3, -0.25) is 4.79 Å². The molecule has 1 amide bonds. The molecular formula is C15H17ClN2O3S3. The van der Waals surface area contributed by atoms with Crippen molar-refractivity contribution in [3.63, 3.8) is 0 Å². The number of thiophene rings is 1. The first-order chi connectivity index (χ1) is 11.4. The minimum absolute atomic E-state index is 0.0292. The molecule has 0 spiro atoms. The Morgan fingerprint density at radius 2 is 2.08 bits per heavy atom. The Kier molecular flexibility index (Phi) is 5.59. The van der Waals surface area contributed by atoms with Crippen molar-refractivity contribution in [3.8, 4) is 10.6 Å². The number of nitrogens with one attached hydrogen (secondary N) is 1. The van der Waals surface area contributed by atoms with Crippen molar-refractivity contribution in [3.05, 3.63) is 21.8 Å². The van der Waals surface area contributed by atoms with Crippen LogP contribution in [-0.2, 0) is 14.6 Å². The van der Waals surface area contributed by atoms with Crippen LogP contribution in [0.3, 0.4) is 0 Å². The third-order valence-electron chi connectivity index (χ3n) is 4.00. The van der Waals surface area contributed by atoms with Crippen LogP contribution in [0.5, 0.6) is 0 Å². The van der Waals surface area contributed by atoms with E-state index in [-0.39, 0.29) is 23.3 Å². The Morgan fingerprint density at radius 1 is 1.33 bits per heavy atom. The van der Waals surface area contributed by atoms with Gasteiger partial charge in [-0.1, -0.05) is 24.4 Å². The van der Waals surface area contributed by atoms with E-state index in [1.807, 2.05) is 11.4 Å². The molecule has 0 unspecified atom stereocenters. The summed E-state index contributed by atoms with van der Waals surface area (Å²) in [5.74, 6) is -0.413. The van der Waals surface area contributed by atoms with Gasteiger partial charge in [0.25, 0.3) is 0 Å². The minimum atomic E-state index is -3.17. The maximum Gasteiger partial charge on any atom is 0.227 e. The molecule has 0 bridgehead atoms. The molecule has 1 aliphatic rings. The van der Waals surface area contributed by atoms with Crippen molar-refractivity contribution >= 4 is 55.2 Å². The van der Waals surface area contributed by atoms with Crippen LogP contribution in [0.1, 0.15) is 32.1 Å². The molecule has 1 N–H and O–H groups in total. The zero-order valence-electron chi connectivity index (χ0n) is 12.8. The SMILES string of the molecule is O=C(CCS(=O)(=O)C1CCCC1)Nc1nc(-c2ccc(Cl)s2)cs1. The van der Waals surface area contributed by atoms with E-state index in [4.69, 9.17) is 11.6 Å². The lowest BCUT2D eigenvalue weighted by Gasteiger charge is -2.10. The maximum atomic E-state index is 12.2. The summed E-state index contributed by atoms with van der Waals surface area (Å²) < 4.78 is 25.0. The summed E-state index contributed by atoms with van der Waals surface area (Å²) in [4.78, 5) is 17.3. The Morgan fingerprint density at radius 3 is 2.75 bits per heavy atom. The molecule has 0 aromatic carbocycles. The first-order valence-electron chi connectivity index (χ1n) is 7.67. The zero-order valence-corrected chi connectivity index (χ0v) is 16.0. The predicted molar refractivity (Wildman–Crippen MR) is 99.7 cm³/mol. The van der Waals surface area contributed by atoms with Gasteiger partial charge in [-0.25, -0.2) is 13.4 Å². The number of hydrogen-bond donors (Lipinski definition) is 1. The summed E-state index contributed by atoms with van der Waals surface area (Å²) in [6.45, 7) is 0. The Labute approximate surface area is 154 Å². The van der Waals surface area contributed by atoms with E-state index in [0.29, 0.717) is 9.47 Å². The number of anilines is 1. The summed E-state index contributed by atoms with van der Waals surface area (Å²) in [6.07, 6.45) is 3.35. The smallest absolute Gasteiger partial charge is 0.227 e. The van der Waals surface area contributed by atoms with E-state index < -0.39 is 9.84 Å². The number of carbonyl (C=O) groups excluding carboxylic acids is 1. The van der Waals surface area contributed by atoms with Gasteiger partial charge in [0.15, 0.2) is 15.0 Å². The van der Waals surface area contributed by atoms with Crippen molar-refractivity contribution in [2.45, 2.75) is 37.4 Å². The summed E-state index contributed by atoms with van der Waals surface area (Å²) in [5.41, 5.74) is 0.755. The first-order valence-corrected chi connectivity index (χ1v) is 11.5. The molecule has 1 aliphatic carbocycles. The lowest BCUT2D eigenvalue weighted by molar-refractivity contribution is -0.115. The fourth-order valence-corrected chi connectivity index (χ4v) is 6.39. The number of carbonyl (C=O) groups is 1. The predicted octanol–water partition coefficient (Wildman–Crippen LogP) is 4.21. The van der Waals surface area contributed by atoms with Crippen LogP contribution in [0.25, 0.3) is 10.6 Å². The minimum Gasteiger partial charge on any atom is -0.302 e. The lowest BCUT2D eigenvalue weighted by Crippen LogP contribution is -2.24. The number of halogens is 1. The molecule has 2 aromatic rings. The monoisotopic (exact) mass is 404 g/mol. The van der Waals surface area contributed by atoms with Crippen LogP contribution in [0, 0.1) is 0 Å². The lowest BCUT2D eigenvalue weighted by atomic mass is 10.4. The van der Waals surface area contributed by atoms with Crippen LogP contribution >= 0.6 is 34.3 Å². The molecule has 5 nitrogen and oxygen atoms in total. The van der Waals surface area contributed by atoms with Crippen LogP contribution in [0.4, 0.5) is 5.13 Å². The highest BCUT2D eigenvalue weighted by Crippen LogP contribution is 2.33. The summed E-state index contributed by atoms with van der Waals surface area (Å²) >= 11 is 8.64. The molecule has 9 heteroatoms. The molecule has 0 radical (unpaired) electrons. The highest BCUT2D eigenvalue weighted by Gasteiger charge is 2.28. The summed E-state index contributed by atoms with van der Waals surface area (Å²) in [5, 5.41) is 4.72. The van der Waals surface area contributed by atoms with Crippen LogP contribution in [-0.4, -0.2) is 30.3 Å². The average molecular weight is 405 g/mol. The number of amides is 1. The third-order valence-corrected chi connectivity index (χ3v) is 8.27. The number of rotatable bonds is 6. The fraction of sp³-hybridized carbons (Fsp3) is 0.467. The van der Waals surface area contributed by atoms with E-state index in [9.17, 15) is 13.2 Å². The molecule has 24 heavy (non-hydrogen) atoms. The van der Waals surface area contributed by atoms with Gasteiger partial charge in [-0.15, -0.1) is 22.7 Å². The summed E-state index contributed by atoms with van der Waals surface area (Å²) in [7, 11) is -3.17. The molecule has 130 valence electrons. The van der Waals surface area contributed by atoms with Crippen LogP contribution in [0.15, 0.2) is 17.5 Å². The van der Waals surface area contributed by atoms with Gasteiger partial charge in [0.05, 0.1) is 25.9 Å². The van der Waals surface area contributed by atoms with Crippen molar-refractivity contribution in [2.24, 2.45) is 0 Å². The Bertz CT molecular complexity index is 823. The van der Waals surface area contributed by atoms with E-state index >= 15 is 0 Å². The molecule has 1 saturated carbocycles. The number of thiazole rings is 1. The van der Waals surface area contributed by atoms with Gasteiger partial charge < -0.3 is 5.32 Å². The molecule has 3 rings (SSSR count). The molecule has 0 saturated heterocycles. The van der Waals surface area contributed by atoms with E-state index in [0.717, 1.165) is 36.3 Å². The fourth-order valence-electron chi connectivity index (χ4n) is 2.73. The number of hydrogen-bond acceptors (Lipinski definition) is 6. The molecule has 0 atom stereocenters. The largest absolute Gasteiger partial charge is 0.302 e. The molecule has 1 fully saturated rings. The van der Waals surface area contributed by atoms with Gasteiger partial charge in [-0.05, 0) is 25.0 Å². The van der Waals surface area contributed by atoms with Crippen molar-refractivity contribution < 1.29 is 13.2 Å². The van der Waals surface area contributed by atoms with Crippen molar-refractivity contribution in [2.75, 3.05) is 11.1 Å². The van der Waals surface area contributed by atoms with Crippen molar-refractivity contribution in [1.82, 2.24) is 4.98 Å². The maximum absolute atomic E-state index is 12.2. The van der Waals surface area contributed by atoms with Gasteiger partial charge in [0, 0.05) is 11.8 Å². The quantitative estimate of drug-likeness (QED) is 0.782. The third kappa shape index (κ3) is 4.36. The van der Waals surface area contributed by atoms with E-state index in [1.54, 1.807) is 6.07 Å². The Hall–Kier alpha value is -0.960. The second-order valence-corrected chi connectivity index (χ2v) is 10.7. The van der Waals surface area contributed by atoms with Gasteiger partial charge in [0.2, 0.25) is 5.91 Å². The van der Waals surface area contributed by atoms with Gasteiger partial charge >= 0.3 is 0 Å². The van der Waals surface area contributed by atoms with Gasteiger partial charge in [-0.2, -0.15) is 0 Å². The average Bonchev–Trinajstić information content (AvgIpc) is 3.26. The second-order valence-electron chi connectivity index (χ2n) is 5.71. The van der Waals surface area contributed by atoms with E-state index in [2.05, 4.69) is 10.3 Å². The Balaban J connectivity index is 1.54. The van der Waals surface area contributed by atoms with E-state index in [1.165, 1.54) is 22.7 Å². The molecule has 2 heterocycles. The molecular weight excluding hydrogens is 388 g/mol. The van der Waals surface area contributed by atoms with Gasteiger partial charge in [0.1, 0.15) is 0 Å².